The molecule has 0 aliphatic heterocycles. The Morgan fingerprint density at radius 2 is 2.05 bits per heavy atom. The van der Waals surface area contributed by atoms with Crippen LogP contribution in [0.15, 0.2) is 22.7 Å². The molecule has 0 heterocycles. The maximum Gasteiger partial charge on any atom is 0.119 e. The molecule has 0 aromatic heterocycles. The van der Waals surface area contributed by atoms with Gasteiger partial charge in [0, 0.05) is 24.2 Å². The average Bonchev–Trinajstić information content (AvgIpc) is 2.47. The fraction of sp³-hybridized carbons (Fsp3) is 0.625. The quantitative estimate of drug-likeness (QED) is 0.729. The van der Waals surface area contributed by atoms with Crippen LogP contribution in [0.3, 0.4) is 0 Å². The summed E-state index contributed by atoms with van der Waals surface area (Å²) in [6.45, 7) is 6.24. The summed E-state index contributed by atoms with van der Waals surface area (Å²) in [5.74, 6) is 1.38. The lowest BCUT2D eigenvalue weighted by Crippen LogP contribution is -2.28. The molecule has 4 heteroatoms. The van der Waals surface area contributed by atoms with Gasteiger partial charge in [-0.3, -0.25) is 0 Å². The standard InChI is InChI=1S/C16H26BrNO2/c1-5-9-18-16(12(2)8-10-19-3)14-11-13(20-4)6-7-15(14)17/h6-7,11-12,16,18H,5,8-10H2,1-4H3. The number of ether oxygens (including phenoxy) is 2. The monoisotopic (exact) mass is 343 g/mol. The average molecular weight is 344 g/mol. The van der Waals surface area contributed by atoms with E-state index in [9.17, 15) is 0 Å². The molecule has 0 bridgehead atoms. The molecule has 1 N–H and O–H groups in total. The Bertz CT molecular complexity index is 398. The number of hydrogen-bond acceptors (Lipinski definition) is 3. The summed E-state index contributed by atoms with van der Waals surface area (Å²) < 4.78 is 11.7. The maximum absolute atomic E-state index is 5.35. The van der Waals surface area contributed by atoms with Gasteiger partial charge in [-0.25, -0.2) is 0 Å². The van der Waals surface area contributed by atoms with Crippen LogP contribution in [-0.4, -0.2) is 27.4 Å². The van der Waals surface area contributed by atoms with E-state index in [1.54, 1.807) is 14.2 Å². The minimum absolute atomic E-state index is 0.301. The minimum atomic E-state index is 0.301. The van der Waals surface area contributed by atoms with Crippen LogP contribution >= 0.6 is 15.9 Å². The third-order valence-corrected chi connectivity index (χ3v) is 4.22. The van der Waals surface area contributed by atoms with E-state index < -0.39 is 0 Å². The van der Waals surface area contributed by atoms with Gasteiger partial charge in [0.05, 0.1) is 7.11 Å². The Kier molecular flexibility index (Phi) is 8.19. The first-order valence-electron chi connectivity index (χ1n) is 7.19. The fourth-order valence-electron chi connectivity index (χ4n) is 2.28. The van der Waals surface area contributed by atoms with Crippen molar-refractivity contribution < 1.29 is 9.47 Å². The van der Waals surface area contributed by atoms with Gasteiger partial charge in [-0.2, -0.15) is 0 Å². The van der Waals surface area contributed by atoms with E-state index >= 15 is 0 Å². The zero-order valence-corrected chi connectivity index (χ0v) is 14.5. The second-order valence-electron chi connectivity index (χ2n) is 5.08. The van der Waals surface area contributed by atoms with Crippen LogP contribution in [-0.2, 0) is 4.74 Å². The van der Waals surface area contributed by atoms with Crippen molar-refractivity contribution in [3.05, 3.63) is 28.2 Å². The Balaban J connectivity index is 2.96. The molecule has 3 nitrogen and oxygen atoms in total. The summed E-state index contributed by atoms with van der Waals surface area (Å²) in [7, 11) is 3.46. The van der Waals surface area contributed by atoms with Gasteiger partial charge in [-0.05, 0) is 49.1 Å². The Labute approximate surface area is 131 Å². The highest BCUT2D eigenvalue weighted by atomic mass is 79.9. The lowest BCUT2D eigenvalue weighted by atomic mass is 9.92. The molecule has 0 saturated carbocycles. The molecule has 2 atom stereocenters. The van der Waals surface area contributed by atoms with Crippen LogP contribution in [0.1, 0.15) is 38.3 Å². The highest BCUT2D eigenvalue weighted by molar-refractivity contribution is 9.10. The van der Waals surface area contributed by atoms with Crippen LogP contribution in [0.5, 0.6) is 5.75 Å². The highest BCUT2D eigenvalue weighted by Crippen LogP contribution is 2.33. The molecule has 0 radical (unpaired) electrons. The van der Waals surface area contributed by atoms with E-state index in [0.717, 1.165) is 36.2 Å². The summed E-state index contributed by atoms with van der Waals surface area (Å²) in [5.41, 5.74) is 1.25. The summed E-state index contributed by atoms with van der Waals surface area (Å²) in [6, 6.07) is 6.44. The number of nitrogens with one attached hydrogen (secondary N) is 1. The van der Waals surface area contributed by atoms with Crippen LogP contribution in [0.25, 0.3) is 0 Å². The first-order chi connectivity index (χ1) is 9.63. The van der Waals surface area contributed by atoms with Gasteiger partial charge in [0.1, 0.15) is 5.75 Å². The van der Waals surface area contributed by atoms with Crippen molar-refractivity contribution in [3.8, 4) is 5.75 Å². The van der Waals surface area contributed by atoms with Crippen LogP contribution in [0.4, 0.5) is 0 Å². The Morgan fingerprint density at radius 1 is 1.30 bits per heavy atom. The molecule has 0 aliphatic carbocycles. The molecule has 0 amide bonds. The predicted octanol–water partition coefficient (Wildman–Crippen LogP) is 4.17. The smallest absolute Gasteiger partial charge is 0.119 e. The zero-order chi connectivity index (χ0) is 15.0. The van der Waals surface area contributed by atoms with Crippen molar-refractivity contribution in [1.29, 1.82) is 0 Å². The van der Waals surface area contributed by atoms with Crippen molar-refractivity contribution >= 4 is 15.9 Å². The molecule has 1 aromatic carbocycles. The van der Waals surface area contributed by atoms with Gasteiger partial charge in [0.15, 0.2) is 0 Å². The van der Waals surface area contributed by atoms with E-state index in [2.05, 4.69) is 47.2 Å². The van der Waals surface area contributed by atoms with Gasteiger partial charge >= 0.3 is 0 Å². The van der Waals surface area contributed by atoms with Crippen molar-refractivity contribution in [2.24, 2.45) is 5.92 Å². The molecule has 0 spiro atoms. The van der Waals surface area contributed by atoms with E-state index in [1.807, 2.05) is 6.07 Å². The zero-order valence-electron chi connectivity index (χ0n) is 12.9. The molecule has 1 rings (SSSR count). The van der Waals surface area contributed by atoms with E-state index in [1.165, 1.54) is 5.56 Å². The largest absolute Gasteiger partial charge is 0.497 e. The van der Waals surface area contributed by atoms with Crippen LogP contribution in [0, 0.1) is 5.92 Å². The van der Waals surface area contributed by atoms with Gasteiger partial charge in [-0.15, -0.1) is 0 Å². The fourth-order valence-corrected chi connectivity index (χ4v) is 2.77. The van der Waals surface area contributed by atoms with Crippen molar-refractivity contribution in [2.45, 2.75) is 32.7 Å². The Morgan fingerprint density at radius 3 is 2.65 bits per heavy atom. The molecule has 0 aliphatic rings. The molecule has 0 saturated heterocycles. The van der Waals surface area contributed by atoms with Gasteiger partial charge in [0.2, 0.25) is 0 Å². The molecule has 114 valence electrons. The van der Waals surface area contributed by atoms with Crippen LogP contribution < -0.4 is 10.1 Å². The first-order valence-corrected chi connectivity index (χ1v) is 7.99. The first kappa shape index (κ1) is 17.5. The van der Waals surface area contributed by atoms with E-state index in [4.69, 9.17) is 9.47 Å². The van der Waals surface area contributed by atoms with Gasteiger partial charge in [-0.1, -0.05) is 29.8 Å². The topological polar surface area (TPSA) is 30.5 Å². The number of methoxy groups -OCH3 is 2. The minimum Gasteiger partial charge on any atom is -0.497 e. The molecule has 1 aromatic rings. The van der Waals surface area contributed by atoms with Gasteiger partial charge in [0.25, 0.3) is 0 Å². The second kappa shape index (κ2) is 9.37. The van der Waals surface area contributed by atoms with Gasteiger partial charge < -0.3 is 14.8 Å². The lowest BCUT2D eigenvalue weighted by molar-refractivity contribution is 0.170. The summed E-state index contributed by atoms with van der Waals surface area (Å²) in [4.78, 5) is 0. The second-order valence-corrected chi connectivity index (χ2v) is 5.93. The van der Waals surface area contributed by atoms with Crippen molar-refractivity contribution in [2.75, 3.05) is 27.4 Å². The third kappa shape index (κ3) is 5.08. The molecular weight excluding hydrogens is 318 g/mol. The molecule has 2 unspecified atom stereocenters. The predicted molar refractivity (Wildman–Crippen MR) is 87.4 cm³/mol. The number of rotatable bonds is 9. The lowest BCUT2D eigenvalue weighted by Gasteiger charge is -2.27. The molecule has 0 fully saturated rings. The summed E-state index contributed by atoms with van der Waals surface area (Å²) in [5, 5.41) is 3.65. The number of benzene rings is 1. The Hall–Kier alpha value is -0.580. The molecule has 20 heavy (non-hydrogen) atoms. The van der Waals surface area contributed by atoms with Crippen molar-refractivity contribution in [3.63, 3.8) is 0 Å². The number of halogens is 1. The summed E-state index contributed by atoms with van der Waals surface area (Å²) >= 11 is 3.66. The normalized spacial score (nSPS) is 14.1. The van der Waals surface area contributed by atoms with E-state index in [-0.39, 0.29) is 0 Å². The highest BCUT2D eigenvalue weighted by Gasteiger charge is 2.21. The summed E-state index contributed by atoms with van der Waals surface area (Å²) in [6.07, 6.45) is 2.15. The number of hydrogen-bond donors (Lipinski definition) is 1. The van der Waals surface area contributed by atoms with Crippen LogP contribution in [0.2, 0.25) is 0 Å². The maximum atomic E-state index is 5.35. The molecular formula is C16H26BrNO2. The third-order valence-electron chi connectivity index (χ3n) is 3.50. The van der Waals surface area contributed by atoms with E-state index in [0.29, 0.717) is 12.0 Å². The van der Waals surface area contributed by atoms with Crippen molar-refractivity contribution in [1.82, 2.24) is 5.32 Å². The SMILES string of the molecule is CCCNC(c1cc(OC)ccc1Br)C(C)CCOC.